The second-order valence-corrected chi connectivity index (χ2v) is 8.24. The zero-order valence-corrected chi connectivity index (χ0v) is 12.3. The van der Waals surface area contributed by atoms with Crippen molar-refractivity contribution >= 4 is 0 Å². The van der Waals surface area contributed by atoms with Gasteiger partial charge in [0.15, 0.2) is 0 Å². The standard InChI is InChI=1S/C20H24/c1-2-6-12-11(5-1)15-9-17-13-7-3-4-8-14(13)18-10-16(12)19(15)20(17)18/h1-2,15-20H,3-10H2/t15-,16+,17+,18-,19?,20?. The minimum Gasteiger partial charge on any atom is -0.0841 e. The van der Waals surface area contributed by atoms with Gasteiger partial charge in [-0.15, -0.1) is 0 Å². The maximum atomic E-state index is 2.46. The van der Waals surface area contributed by atoms with Crippen LogP contribution < -0.4 is 0 Å². The van der Waals surface area contributed by atoms with E-state index in [9.17, 15) is 0 Å². The Kier molecular flexibility index (Phi) is 1.91. The average molecular weight is 264 g/mol. The molecule has 0 heteroatoms. The molecule has 0 saturated heterocycles. The molecule has 6 aliphatic rings. The molecule has 0 nitrogen and oxygen atoms in total. The molecule has 6 rings (SSSR count). The number of hydrogen-bond acceptors (Lipinski definition) is 0. The van der Waals surface area contributed by atoms with Crippen LogP contribution in [0.2, 0.25) is 0 Å². The van der Waals surface area contributed by atoms with Crippen molar-refractivity contribution in [2.24, 2.45) is 35.5 Å². The maximum Gasteiger partial charge on any atom is -0.0133 e. The van der Waals surface area contributed by atoms with E-state index in [0.29, 0.717) is 0 Å². The van der Waals surface area contributed by atoms with E-state index < -0.39 is 0 Å². The molecular formula is C20H24. The van der Waals surface area contributed by atoms with Crippen LogP contribution in [0.1, 0.15) is 51.4 Å². The quantitative estimate of drug-likeness (QED) is 0.538. The van der Waals surface area contributed by atoms with Crippen LogP contribution in [0.15, 0.2) is 34.4 Å². The molecule has 20 heavy (non-hydrogen) atoms. The van der Waals surface area contributed by atoms with Crippen LogP contribution >= 0.6 is 0 Å². The van der Waals surface area contributed by atoms with Crippen LogP contribution in [0.3, 0.4) is 0 Å². The lowest BCUT2D eigenvalue weighted by molar-refractivity contribution is 0.328. The van der Waals surface area contributed by atoms with Crippen LogP contribution in [-0.2, 0) is 0 Å². The highest BCUT2D eigenvalue weighted by Crippen LogP contribution is 2.72. The first-order valence-electron chi connectivity index (χ1n) is 9.02. The lowest BCUT2D eigenvalue weighted by Gasteiger charge is -2.23. The summed E-state index contributed by atoms with van der Waals surface area (Å²) in [7, 11) is 0. The summed E-state index contributed by atoms with van der Waals surface area (Å²) in [4.78, 5) is 0. The van der Waals surface area contributed by atoms with Gasteiger partial charge in [0.05, 0.1) is 0 Å². The Bertz CT molecular complexity index is 511. The summed E-state index contributed by atoms with van der Waals surface area (Å²) in [5, 5.41) is 0. The molecule has 2 unspecified atom stereocenters. The summed E-state index contributed by atoms with van der Waals surface area (Å²) < 4.78 is 0. The Hall–Kier alpha value is -0.780. The summed E-state index contributed by atoms with van der Waals surface area (Å²) in [5.41, 5.74) is 7.84. The van der Waals surface area contributed by atoms with Crippen molar-refractivity contribution in [2.45, 2.75) is 51.4 Å². The molecule has 104 valence electrons. The van der Waals surface area contributed by atoms with E-state index in [-0.39, 0.29) is 0 Å². The van der Waals surface area contributed by atoms with Crippen molar-refractivity contribution in [1.29, 1.82) is 0 Å². The van der Waals surface area contributed by atoms with Crippen molar-refractivity contribution in [3.63, 3.8) is 0 Å². The second-order valence-electron chi connectivity index (χ2n) is 8.24. The molecular weight excluding hydrogens is 240 g/mol. The maximum absolute atomic E-state index is 2.46. The fourth-order valence-electron chi connectivity index (χ4n) is 7.57. The highest BCUT2D eigenvalue weighted by atomic mass is 14.7. The van der Waals surface area contributed by atoms with Gasteiger partial charge in [0.2, 0.25) is 0 Å². The van der Waals surface area contributed by atoms with Gasteiger partial charge in [-0.2, -0.15) is 0 Å². The summed E-state index contributed by atoms with van der Waals surface area (Å²) >= 11 is 0. The molecule has 0 aromatic carbocycles. The predicted molar refractivity (Wildman–Crippen MR) is 81.1 cm³/mol. The summed E-state index contributed by atoms with van der Waals surface area (Å²) in [6.07, 6.45) is 16.6. The molecule has 0 aromatic heterocycles. The van der Waals surface area contributed by atoms with E-state index in [4.69, 9.17) is 0 Å². The number of allylic oxidation sites excluding steroid dienone is 6. The topological polar surface area (TPSA) is 0 Å². The van der Waals surface area contributed by atoms with E-state index in [1.54, 1.807) is 12.8 Å². The largest absolute Gasteiger partial charge is 0.0841 e. The van der Waals surface area contributed by atoms with Crippen molar-refractivity contribution in [2.75, 3.05) is 0 Å². The fraction of sp³-hybridized carbons (Fsp3) is 0.700. The Balaban J connectivity index is 1.47. The Morgan fingerprint density at radius 1 is 0.600 bits per heavy atom. The Labute approximate surface area is 122 Å². The molecule has 2 saturated carbocycles. The lowest BCUT2D eigenvalue weighted by Crippen LogP contribution is -2.14. The molecule has 0 spiro atoms. The van der Waals surface area contributed by atoms with Crippen molar-refractivity contribution < 1.29 is 0 Å². The molecule has 0 aliphatic heterocycles. The van der Waals surface area contributed by atoms with Crippen molar-refractivity contribution in [1.82, 2.24) is 0 Å². The van der Waals surface area contributed by atoms with E-state index >= 15 is 0 Å². The molecule has 0 aromatic rings. The van der Waals surface area contributed by atoms with Gasteiger partial charge >= 0.3 is 0 Å². The molecule has 0 N–H and O–H groups in total. The first kappa shape index (κ1) is 10.9. The predicted octanol–water partition coefficient (Wildman–Crippen LogP) is 5.04. The van der Waals surface area contributed by atoms with Gasteiger partial charge in [0, 0.05) is 0 Å². The third-order valence-corrected chi connectivity index (χ3v) is 7.92. The van der Waals surface area contributed by atoms with Gasteiger partial charge in [0.1, 0.15) is 0 Å². The smallest absolute Gasteiger partial charge is 0.0133 e. The van der Waals surface area contributed by atoms with Crippen LogP contribution in [-0.4, -0.2) is 0 Å². The SMILES string of the molecule is C1=CCC2=C(C1)[C@H]1C[C@H]3C4=C(CCCC4)[C@H]4C[C@@H]2C1C43. The average Bonchev–Trinajstić information content (AvgIpc) is 3.19. The van der Waals surface area contributed by atoms with E-state index in [1.165, 1.54) is 38.5 Å². The minimum atomic E-state index is 1.01. The third-order valence-electron chi connectivity index (χ3n) is 7.92. The molecule has 6 aliphatic carbocycles. The summed E-state index contributed by atoms with van der Waals surface area (Å²) in [5.74, 6) is 6.27. The van der Waals surface area contributed by atoms with E-state index in [0.717, 1.165) is 35.5 Å². The lowest BCUT2D eigenvalue weighted by atomic mass is 9.82. The first-order chi connectivity index (χ1) is 9.93. The van der Waals surface area contributed by atoms with E-state index in [1.807, 2.05) is 22.3 Å². The first-order valence-corrected chi connectivity index (χ1v) is 9.02. The van der Waals surface area contributed by atoms with Gasteiger partial charge in [-0.05, 0) is 86.9 Å². The highest BCUT2D eigenvalue weighted by molar-refractivity contribution is 5.44. The number of rotatable bonds is 0. The number of fused-ring (bicyclic) bond motifs is 4. The summed E-state index contributed by atoms with van der Waals surface area (Å²) in [6, 6.07) is 0. The molecule has 0 heterocycles. The second kappa shape index (κ2) is 3.51. The van der Waals surface area contributed by atoms with Gasteiger partial charge < -0.3 is 0 Å². The molecule has 0 bridgehead atoms. The monoisotopic (exact) mass is 264 g/mol. The van der Waals surface area contributed by atoms with Crippen LogP contribution in [0.4, 0.5) is 0 Å². The van der Waals surface area contributed by atoms with Crippen molar-refractivity contribution in [3.05, 3.63) is 34.4 Å². The minimum absolute atomic E-state index is 1.01. The zero-order chi connectivity index (χ0) is 12.8. The summed E-state index contributed by atoms with van der Waals surface area (Å²) in [6.45, 7) is 0. The molecule has 6 atom stereocenters. The zero-order valence-electron chi connectivity index (χ0n) is 12.3. The molecule has 0 amide bonds. The van der Waals surface area contributed by atoms with Crippen LogP contribution in [0.25, 0.3) is 0 Å². The van der Waals surface area contributed by atoms with Gasteiger partial charge in [-0.25, -0.2) is 0 Å². The van der Waals surface area contributed by atoms with Crippen LogP contribution in [0, 0.1) is 35.5 Å². The Morgan fingerprint density at radius 2 is 1.05 bits per heavy atom. The highest BCUT2D eigenvalue weighted by Gasteiger charge is 2.63. The van der Waals surface area contributed by atoms with Crippen molar-refractivity contribution in [3.8, 4) is 0 Å². The van der Waals surface area contributed by atoms with Gasteiger partial charge in [-0.1, -0.05) is 34.4 Å². The number of hydrogen-bond donors (Lipinski definition) is 0. The van der Waals surface area contributed by atoms with Gasteiger partial charge in [-0.3, -0.25) is 0 Å². The van der Waals surface area contributed by atoms with E-state index in [2.05, 4.69) is 12.2 Å². The Morgan fingerprint density at radius 3 is 1.55 bits per heavy atom. The molecule has 0 radical (unpaired) electrons. The normalized spacial score (nSPS) is 50.8. The third kappa shape index (κ3) is 1.07. The fourth-order valence-corrected chi connectivity index (χ4v) is 7.57. The molecule has 2 fully saturated rings. The van der Waals surface area contributed by atoms with Crippen LogP contribution in [0.5, 0.6) is 0 Å². The van der Waals surface area contributed by atoms with Gasteiger partial charge in [0.25, 0.3) is 0 Å².